The maximum Gasteiger partial charge on any atom is 0.264 e. The molecule has 0 N–H and O–H groups in total. The van der Waals surface area contributed by atoms with Crippen LogP contribution in [0.5, 0.6) is 5.75 Å². The average Bonchev–Trinajstić information content (AvgIpc) is 3.42. The van der Waals surface area contributed by atoms with Crippen molar-refractivity contribution in [2.24, 2.45) is 5.92 Å². The number of thiophene rings is 1. The predicted octanol–water partition coefficient (Wildman–Crippen LogP) is 3.82. The molecule has 7 nitrogen and oxygen atoms in total. The Balaban J connectivity index is 1.51. The zero-order chi connectivity index (χ0) is 24.1. The molecule has 0 spiro atoms. The molecule has 1 aromatic carbocycles. The normalized spacial score (nSPS) is 21.0. The Bertz CT molecular complexity index is 984. The number of piperazine rings is 1. The number of rotatable bonds is 7. The van der Waals surface area contributed by atoms with Crippen LogP contribution in [0.15, 0.2) is 41.8 Å². The number of carbonyl (C=O) groups excluding carboxylic acids is 3. The van der Waals surface area contributed by atoms with Gasteiger partial charge in [0.1, 0.15) is 5.75 Å². The van der Waals surface area contributed by atoms with Crippen LogP contribution in [-0.2, 0) is 9.59 Å². The molecule has 0 radical (unpaired) electrons. The number of methoxy groups -OCH3 is 1. The number of amides is 3. The Morgan fingerprint density at radius 1 is 1.06 bits per heavy atom. The number of piperidine rings is 1. The van der Waals surface area contributed by atoms with E-state index in [4.69, 9.17) is 4.74 Å². The molecule has 3 amide bonds. The van der Waals surface area contributed by atoms with Gasteiger partial charge in [0.05, 0.1) is 23.9 Å². The summed E-state index contributed by atoms with van der Waals surface area (Å²) in [5.41, 5.74) is 0.967. The van der Waals surface area contributed by atoms with Crippen LogP contribution in [0.3, 0.4) is 0 Å². The summed E-state index contributed by atoms with van der Waals surface area (Å²) in [6.45, 7) is 4.85. The van der Waals surface area contributed by atoms with Crippen LogP contribution in [0.1, 0.15) is 53.9 Å². The Labute approximate surface area is 205 Å². The zero-order valence-corrected chi connectivity index (χ0v) is 20.8. The second-order valence-electron chi connectivity index (χ2n) is 8.90. The van der Waals surface area contributed by atoms with Crippen LogP contribution >= 0.6 is 11.3 Å². The molecule has 2 atom stereocenters. The van der Waals surface area contributed by atoms with Crippen molar-refractivity contribution in [3.8, 4) is 5.75 Å². The fourth-order valence-electron chi connectivity index (χ4n) is 4.94. The molecule has 0 bridgehead atoms. The molecule has 34 heavy (non-hydrogen) atoms. The lowest BCUT2D eigenvalue weighted by Gasteiger charge is -2.44. The van der Waals surface area contributed by atoms with Crippen LogP contribution < -0.4 is 4.74 Å². The number of hydrogen-bond donors (Lipinski definition) is 0. The van der Waals surface area contributed by atoms with Gasteiger partial charge in [-0.15, -0.1) is 11.3 Å². The number of likely N-dealkylation sites (tertiary alicyclic amines) is 1. The molecule has 0 unspecified atom stereocenters. The fraction of sp³-hybridized carbons (Fsp3) is 0.500. The van der Waals surface area contributed by atoms with Gasteiger partial charge in [0, 0.05) is 39.1 Å². The van der Waals surface area contributed by atoms with E-state index in [1.54, 1.807) is 7.11 Å². The molecule has 8 heteroatoms. The summed E-state index contributed by atoms with van der Waals surface area (Å²) in [4.78, 5) is 45.7. The largest absolute Gasteiger partial charge is 0.497 e. The number of unbranched alkanes of at least 4 members (excludes halogenated alkanes) is 1. The molecule has 2 aliphatic rings. The SMILES string of the molecule is CCCCN1C(=O)CC[C@@H](C(=O)N2CCN(C(=O)c3cccs3)CC2)[C@@H]1c1ccc(OC)cc1. The second-order valence-corrected chi connectivity index (χ2v) is 9.85. The van der Waals surface area contributed by atoms with Crippen LogP contribution in [0.4, 0.5) is 0 Å². The molecule has 4 rings (SSSR count). The van der Waals surface area contributed by atoms with Crippen molar-refractivity contribution in [3.63, 3.8) is 0 Å². The van der Waals surface area contributed by atoms with Crippen molar-refractivity contribution < 1.29 is 19.1 Å². The summed E-state index contributed by atoms with van der Waals surface area (Å²) in [7, 11) is 1.63. The minimum absolute atomic E-state index is 0.0345. The maximum absolute atomic E-state index is 13.8. The minimum Gasteiger partial charge on any atom is -0.497 e. The van der Waals surface area contributed by atoms with Gasteiger partial charge in [-0.25, -0.2) is 0 Å². The Kier molecular flexibility index (Phi) is 7.88. The summed E-state index contributed by atoms with van der Waals surface area (Å²) >= 11 is 1.44. The Morgan fingerprint density at radius 2 is 1.76 bits per heavy atom. The van der Waals surface area contributed by atoms with Gasteiger partial charge in [0.25, 0.3) is 5.91 Å². The smallest absolute Gasteiger partial charge is 0.264 e. The number of carbonyl (C=O) groups is 3. The lowest BCUT2D eigenvalue weighted by Crippen LogP contribution is -2.55. The molecular formula is C26H33N3O4S. The van der Waals surface area contributed by atoms with Gasteiger partial charge in [0.2, 0.25) is 11.8 Å². The molecule has 3 heterocycles. The summed E-state index contributed by atoms with van der Waals surface area (Å²) in [6, 6.07) is 11.2. The van der Waals surface area contributed by atoms with E-state index in [1.807, 2.05) is 56.5 Å². The molecule has 2 aromatic rings. The summed E-state index contributed by atoms with van der Waals surface area (Å²) < 4.78 is 5.31. The molecule has 2 fully saturated rings. The Hall–Kier alpha value is -2.87. The third-order valence-corrected chi connectivity index (χ3v) is 7.70. The fourth-order valence-corrected chi connectivity index (χ4v) is 5.63. The quantitative estimate of drug-likeness (QED) is 0.600. The first kappa shape index (κ1) is 24.3. The predicted molar refractivity (Wildman–Crippen MR) is 132 cm³/mol. The van der Waals surface area contributed by atoms with Crippen LogP contribution in [0.2, 0.25) is 0 Å². The molecule has 0 aliphatic carbocycles. The highest BCUT2D eigenvalue weighted by molar-refractivity contribution is 7.12. The van der Waals surface area contributed by atoms with Gasteiger partial charge < -0.3 is 19.4 Å². The van der Waals surface area contributed by atoms with Crippen LogP contribution in [-0.4, -0.2) is 72.3 Å². The highest BCUT2D eigenvalue weighted by Gasteiger charge is 2.42. The van der Waals surface area contributed by atoms with Crippen molar-refractivity contribution >= 4 is 29.1 Å². The van der Waals surface area contributed by atoms with E-state index in [1.165, 1.54) is 11.3 Å². The second kappa shape index (κ2) is 11.0. The van der Waals surface area contributed by atoms with E-state index in [9.17, 15) is 14.4 Å². The maximum atomic E-state index is 13.8. The van der Waals surface area contributed by atoms with Gasteiger partial charge in [-0.2, -0.15) is 0 Å². The van der Waals surface area contributed by atoms with E-state index in [2.05, 4.69) is 6.92 Å². The van der Waals surface area contributed by atoms with E-state index >= 15 is 0 Å². The summed E-state index contributed by atoms with van der Waals surface area (Å²) in [6.07, 6.45) is 2.83. The standard InChI is InChI=1S/C26H33N3O4S/c1-3-4-13-29-23(30)12-11-21(24(29)19-7-9-20(33-2)10-8-19)25(31)27-14-16-28(17-15-27)26(32)22-6-5-18-34-22/h5-10,18,21,24H,3-4,11-17H2,1-2H3/t21-,24+/m1/s1. The molecule has 2 saturated heterocycles. The first-order valence-corrected chi connectivity index (χ1v) is 13.0. The third-order valence-electron chi connectivity index (χ3n) is 6.84. The molecule has 182 valence electrons. The zero-order valence-electron chi connectivity index (χ0n) is 19.9. The van der Waals surface area contributed by atoms with E-state index < -0.39 is 0 Å². The van der Waals surface area contributed by atoms with Gasteiger partial charge >= 0.3 is 0 Å². The van der Waals surface area contributed by atoms with Gasteiger partial charge in [-0.05, 0) is 42.0 Å². The van der Waals surface area contributed by atoms with Crippen molar-refractivity contribution in [1.82, 2.24) is 14.7 Å². The van der Waals surface area contributed by atoms with Crippen molar-refractivity contribution in [3.05, 3.63) is 52.2 Å². The van der Waals surface area contributed by atoms with E-state index in [0.29, 0.717) is 45.6 Å². The lowest BCUT2D eigenvalue weighted by atomic mass is 9.83. The average molecular weight is 484 g/mol. The van der Waals surface area contributed by atoms with Gasteiger partial charge in [0.15, 0.2) is 0 Å². The highest BCUT2D eigenvalue weighted by Crippen LogP contribution is 2.39. The third kappa shape index (κ3) is 5.12. The molecule has 0 saturated carbocycles. The lowest BCUT2D eigenvalue weighted by molar-refractivity contribution is -0.149. The number of ether oxygens (including phenoxy) is 1. The first-order chi connectivity index (χ1) is 16.5. The number of benzene rings is 1. The number of nitrogens with zero attached hydrogens (tertiary/aromatic N) is 3. The topological polar surface area (TPSA) is 70.2 Å². The van der Waals surface area contributed by atoms with Crippen molar-refractivity contribution in [2.75, 3.05) is 39.8 Å². The van der Waals surface area contributed by atoms with Crippen molar-refractivity contribution in [1.29, 1.82) is 0 Å². The van der Waals surface area contributed by atoms with Gasteiger partial charge in [-0.1, -0.05) is 31.5 Å². The minimum atomic E-state index is -0.289. The Morgan fingerprint density at radius 3 is 2.38 bits per heavy atom. The monoisotopic (exact) mass is 483 g/mol. The van der Waals surface area contributed by atoms with Crippen LogP contribution in [0, 0.1) is 5.92 Å². The molecule has 1 aromatic heterocycles. The summed E-state index contributed by atoms with van der Waals surface area (Å²) in [5, 5.41) is 1.90. The van der Waals surface area contributed by atoms with Crippen LogP contribution in [0.25, 0.3) is 0 Å². The molecular weight excluding hydrogens is 450 g/mol. The van der Waals surface area contributed by atoms with Crippen molar-refractivity contribution in [2.45, 2.75) is 38.6 Å². The first-order valence-electron chi connectivity index (χ1n) is 12.1. The summed E-state index contributed by atoms with van der Waals surface area (Å²) in [5.74, 6) is 0.692. The number of hydrogen-bond acceptors (Lipinski definition) is 5. The molecule has 2 aliphatic heterocycles. The van der Waals surface area contributed by atoms with E-state index in [-0.39, 0.29) is 29.7 Å². The van der Waals surface area contributed by atoms with E-state index in [0.717, 1.165) is 29.0 Å². The van der Waals surface area contributed by atoms with Gasteiger partial charge in [-0.3, -0.25) is 14.4 Å². The highest BCUT2D eigenvalue weighted by atomic mass is 32.1.